The number of carbonyl (C=O) groups excluding carboxylic acids is 1. The Morgan fingerprint density at radius 3 is 2.29 bits per heavy atom. The number of carbonyl (C=O) groups is 1. The third-order valence-corrected chi connectivity index (χ3v) is 4.05. The molecule has 2 aliphatic heterocycles. The first-order valence-electron chi connectivity index (χ1n) is 6.61. The first-order chi connectivity index (χ1) is 7.84. The molecule has 17 heavy (non-hydrogen) atoms. The molecule has 1 aliphatic carbocycles. The summed E-state index contributed by atoms with van der Waals surface area (Å²) in [5.74, 6) is 0.341. The van der Waals surface area contributed by atoms with Crippen LogP contribution in [0, 0.1) is 0 Å². The van der Waals surface area contributed by atoms with Gasteiger partial charge in [0.15, 0.2) is 0 Å². The van der Waals surface area contributed by atoms with Crippen LogP contribution in [0.3, 0.4) is 0 Å². The number of hydrogen-bond donors (Lipinski definition) is 1. The summed E-state index contributed by atoms with van der Waals surface area (Å²) in [5, 5.41) is 3.30. The molecule has 4 nitrogen and oxygen atoms in total. The lowest BCUT2D eigenvalue weighted by atomic mass is 10.2. The second-order valence-corrected chi connectivity index (χ2v) is 5.24. The van der Waals surface area contributed by atoms with E-state index in [1.807, 2.05) is 0 Å². The molecule has 0 aromatic carbocycles. The van der Waals surface area contributed by atoms with Crippen LogP contribution >= 0.6 is 12.4 Å². The van der Waals surface area contributed by atoms with E-state index >= 15 is 0 Å². The Morgan fingerprint density at radius 1 is 1.06 bits per heavy atom. The average molecular weight is 260 g/mol. The summed E-state index contributed by atoms with van der Waals surface area (Å²) in [5.41, 5.74) is 0. The minimum atomic E-state index is 0. The summed E-state index contributed by atoms with van der Waals surface area (Å²) in [4.78, 5) is 16.7. The van der Waals surface area contributed by atoms with Crippen molar-refractivity contribution in [3.05, 3.63) is 0 Å². The molecule has 1 unspecified atom stereocenters. The van der Waals surface area contributed by atoms with Crippen molar-refractivity contribution in [3.63, 3.8) is 0 Å². The molecular weight excluding hydrogens is 238 g/mol. The molecule has 2 heterocycles. The highest BCUT2D eigenvalue weighted by atomic mass is 35.5. The Bertz CT molecular complexity index is 269. The summed E-state index contributed by atoms with van der Waals surface area (Å²) in [6, 6.07) is 0.967. The predicted octanol–water partition coefficient (Wildman–Crippen LogP) is 0.467. The van der Waals surface area contributed by atoms with E-state index in [0.29, 0.717) is 5.91 Å². The van der Waals surface area contributed by atoms with E-state index in [9.17, 15) is 4.79 Å². The van der Waals surface area contributed by atoms with E-state index in [2.05, 4.69) is 15.1 Å². The molecule has 1 saturated carbocycles. The Morgan fingerprint density at radius 2 is 1.76 bits per heavy atom. The van der Waals surface area contributed by atoms with E-state index in [1.165, 1.54) is 12.8 Å². The minimum absolute atomic E-state index is 0. The molecule has 1 amide bonds. The molecule has 0 radical (unpaired) electrons. The fourth-order valence-electron chi connectivity index (χ4n) is 2.86. The van der Waals surface area contributed by atoms with Gasteiger partial charge < -0.3 is 10.2 Å². The van der Waals surface area contributed by atoms with Gasteiger partial charge in [0.1, 0.15) is 0 Å². The zero-order valence-corrected chi connectivity index (χ0v) is 11.0. The quantitative estimate of drug-likeness (QED) is 0.783. The monoisotopic (exact) mass is 259 g/mol. The SMILES string of the molecule is Cl.O=C(C1CCCN1)N1CCN(C2CC2)CC1. The summed E-state index contributed by atoms with van der Waals surface area (Å²) < 4.78 is 0. The molecule has 3 aliphatic rings. The standard InChI is InChI=1S/C12H21N3O.ClH/c16-12(11-2-1-5-13-11)15-8-6-14(7-9-15)10-3-4-10;/h10-11,13H,1-9H2;1H. The number of halogens is 1. The van der Waals surface area contributed by atoms with Crippen molar-refractivity contribution in [1.82, 2.24) is 15.1 Å². The number of piperazine rings is 1. The third-order valence-electron chi connectivity index (χ3n) is 4.05. The van der Waals surface area contributed by atoms with Gasteiger partial charge >= 0.3 is 0 Å². The van der Waals surface area contributed by atoms with E-state index in [0.717, 1.165) is 51.6 Å². The highest BCUT2D eigenvalue weighted by Crippen LogP contribution is 2.27. The van der Waals surface area contributed by atoms with Gasteiger partial charge in [-0.15, -0.1) is 12.4 Å². The first kappa shape index (κ1) is 13.1. The van der Waals surface area contributed by atoms with E-state index in [-0.39, 0.29) is 18.4 Å². The average Bonchev–Trinajstić information content (AvgIpc) is 3.04. The topological polar surface area (TPSA) is 35.6 Å². The van der Waals surface area contributed by atoms with Crippen LogP contribution in [-0.2, 0) is 4.79 Å². The zero-order valence-electron chi connectivity index (χ0n) is 10.2. The molecule has 98 valence electrons. The molecular formula is C12H22ClN3O. The lowest BCUT2D eigenvalue weighted by Gasteiger charge is -2.36. The van der Waals surface area contributed by atoms with Gasteiger partial charge in [-0.25, -0.2) is 0 Å². The summed E-state index contributed by atoms with van der Waals surface area (Å²) >= 11 is 0. The maximum atomic E-state index is 12.1. The van der Waals surface area contributed by atoms with Crippen LogP contribution in [0.15, 0.2) is 0 Å². The van der Waals surface area contributed by atoms with E-state index < -0.39 is 0 Å². The number of rotatable bonds is 2. The van der Waals surface area contributed by atoms with Crippen molar-refractivity contribution in [3.8, 4) is 0 Å². The molecule has 1 N–H and O–H groups in total. The molecule has 0 aromatic heterocycles. The van der Waals surface area contributed by atoms with Crippen LogP contribution in [-0.4, -0.2) is 60.5 Å². The highest BCUT2D eigenvalue weighted by molar-refractivity contribution is 5.85. The number of hydrogen-bond acceptors (Lipinski definition) is 3. The highest BCUT2D eigenvalue weighted by Gasteiger charge is 2.34. The van der Waals surface area contributed by atoms with Crippen molar-refractivity contribution < 1.29 is 4.79 Å². The Kier molecular flexibility index (Phi) is 4.28. The van der Waals surface area contributed by atoms with Crippen LogP contribution in [0.1, 0.15) is 25.7 Å². The van der Waals surface area contributed by atoms with Gasteiger partial charge in [-0.05, 0) is 32.2 Å². The van der Waals surface area contributed by atoms with Gasteiger partial charge in [0.2, 0.25) is 5.91 Å². The summed E-state index contributed by atoms with van der Waals surface area (Å²) in [6.07, 6.45) is 4.93. The summed E-state index contributed by atoms with van der Waals surface area (Å²) in [6.45, 7) is 5.06. The van der Waals surface area contributed by atoms with Gasteiger partial charge in [-0.3, -0.25) is 9.69 Å². The number of amides is 1. The minimum Gasteiger partial charge on any atom is -0.339 e. The van der Waals surface area contributed by atoms with Gasteiger partial charge in [-0.2, -0.15) is 0 Å². The van der Waals surface area contributed by atoms with Crippen LogP contribution < -0.4 is 5.32 Å². The van der Waals surface area contributed by atoms with Crippen LogP contribution in [0.5, 0.6) is 0 Å². The molecule has 5 heteroatoms. The summed E-state index contributed by atoms with van der Waals surface area (Å²) in [7, 11) is 0. The van der Waals surface area contributed by atoms with Gasteiger partial charge in [0, 0.05) is 32.2 Å². The van der Waals surface area contributed by atoms with Crippen molar-refractivity contribution in [1.29, 1.82) is 0 Å². The fraction of sp³-hybridized carbons (Fsp3) is 0.917. The molecule has 0 bridgehead atoms. The van der Waals surface area contributed by atoms with Crippen LogP contribution in [0.2, 0.25) is 0 Å². The lowest BCUT2D eigenvalue weighted by Crippen LogP contribution is -2.53. The Labute approximate surface area is 109 Å². The first-order valence-corrected chi connectivity index (χ1v) is 6.61. The van der Waals surface area contributed by atoms with E-state index in [1.54, 1.807) is 0 Å². The van der Waals surface area contributed by atoms with Crippen molar-refractivity contribution >= 4 is 18.3 Å². The smallest absolute Gasteiger partial charge is 0.239 e. The molecule has 1 atom stereocenters. The van der Waals surface area contributed by atoms with Crippen molar-refractivity contribution in [2.24, 2.45) is 0 Å². The van der Waals surface area contributed by atoms with Gasteiger partial charge in [0.05, 0.1) is 6.04 Å². The van der Waals surface area contributed by atoms with Crippen molar-refractivity contribution in [2.45, 2.75) is 37.8 Å². The number of nitrogens with zero attached hydrogens (tertiary/aromatic N) is 2. The third kappa shape index (κ3) is 2.92. The molecule has 2 saturated heterocycles. The second kappa shape index (κ2) is 5.55. The van der Waals surface area contributed by atoms with E-state index in [4.69, 9.17) is 0 Å². The lowest BCUT2D eigenvalue weighted by molar-refractivity contribution is -0.134. The van der Waals surface area contributed by atoms with Crippen LogP contribution in [0.4, 0.5) is 0 Å². The molecule has 3 fully saturated rings. The zero-order chi connectivity index (χ0) is 11.0. The van der Waals surface area contributed by atoms with Gasteiger partial charge in [0.25, 0.3) is 0 Å². The Hall–Kier alpha value is -0.320. The fourth-order valence-corrected chi connectivity index (χ4v) is 2.86. The maximum absolute atomic E-state index is 12.1. The van der Waals surface area contributed by atoms with Gasteiger partial charge in [-0.1, -0.05) is 0 Å². The maximum Gasteiger partial charge on any atom is 0.239 e. The second-order valence-electron chi connectivity index (χ2n) is 5.24. The molecule has 0 spiro atoms. The predicted molar refractivity (Wildman–Crippen MR) is 69.4 cm³/mol. The molecule has 0 aromatic rings. The molecule has 3 rings (SSSR count). The van der Waals surface area contributed by atoms with Crippen LogP contribution in [0.25, 0.3) is 0 Å². The largest absolute Gasteiger partial charge is 0.339 e. The Balaban J connectivity index is 0.00000108. The normalized spacial score (nSPS) is 30.1. The van der Waals surface area contributed by atoms with Crippen molar-refractivity contribution in [2.75, 3.05) is 32.7 Å². The number of nitrogens with one attached hydrogen (secondary N) is 1.